The highest BCUT2D eigenvalue weighted by Crippen LogP contribution is 2.23. The maximum atomic E-state index is 13.8. The lowest BCUT2D eigenvalue weighted by molar-refractivity contribution is -0.125. The highest BCUT2D eigenvalue weighted by atomic mass is 16.2. The number of nitrogens with one attached hydrogen (secondary N) is 1. The first kappa shape index (κ1) is 24.5. The molecule has 3 heterocycles. The van der Waals surface area contributed by atoms with Crippen LogP contribution in [0.15, 0.2) is 53.3 Å². The molecule has 0 spiro atoms. The molecule has 0 aliphatic carbocycles. The predicted octanol–water partition coefficient (Wildman–Crippen LogP) is 3.57. The maximum absolute atomic E-state index is 13.8. The Hall–Kier alpha value is -3.19. The molecule has 2 aliphatic rings. The summed E-state index contributed by atoms with van der Waals surface area (Å²) < 4.78 is 1.82. The van der Waals surface area contributed by atoms with Crippen LogP contribution in [-0.4, -0.2) is 59.1 Å². The van der Waals surface area contributed by atoms with Gasteiger partial charge in [0.05, 0.1) is 23.5 Å². The average Bonchev–Trinajstić information content (AvgIpc) is 3.37. The van der Waals surface area contributed by atoms with E-state index in [-0.39, 0.29) is 17.4 Å². The molecule has 1 N–H and O–H groups in total. The molecule has 1 amide bonds. The number of piperidine rings is 1. The Morgan fingerprint density at radius 3 is 2.64 bits per heavy atom. The van der Waals surface area contributed by atoms with Gasteiger partial charge in [-0.1, -0.05) is 48.9 Å². The van der Waals surface area contributed by atoms with Crippen molar-refractivity contribution in [3.05, 3.63) is 70.0 Å². The standard InChI is InChI=1S/C29H37N5O2/c1-3-32-16-7-9-24(32)18-30-28(35)23-8-6-17-33(20-23)27-29(36)34(19-22-14-12-21(2)13-15-22)26-11-5-4-10-25(26)31-27/h4-5,10-15,23-24H,3,6-9,16-20H2,1-2H3,(H,30,35)/t23-,24-/m1/s1. The van der Waals surface area contributed by atoms with E-state index >= 15 is 0 Å². The maximum Gasteiger partial charge on any atom is 0.294 e. The Bertz CT molecular complexity index is 1270. The minimum absolute atomic E-state index is 0.0973. The number of aromatic nitrogens is 2. The third-order valence-electron chi connectivity index (χ3n) is 7.81. The highest BCUT2D eigenvalue weighted by Gasteiger charge is 2.30. The smallest absolute Gasteiger partial charge is 0.294 e. The number of benzene rings is 2. The zero-order chi connectivity index (χ0) is 25.1. The number of likely N-dealkylation sites (tertiary alicyclic amines) is 1. The Kier molecular flexibility index (Phi) is 7.37. The Morgan fingerprint density at radius 1 is 1.06 bits per heavy atom. The topological polar surface area (TPSA) is 70.5 Å². The van der Waals surface area contributed by atoms with Crippen molar-refractivity contribution in [3.8, 4) is 0 Å². The second kappa shape index (κ2) is 10.8. The summed E-state index contributed by atoms with van der Waals surface area (Å²) in [6, 6.07) is 16.5. The third-order valence-corrected chi connectivity index (χ3v) is 7.81. The van der Waals surface area contributed by atoms with Gasteiger partial charge in [-0.2, -0.15) is 0 Å². The van der Waals surface area contributed by atoms with E-state index in [0.717, 1.165) is 55.5 Å². The zero-order valence-corrected chi connectivity index (χ0v) is 21.4. The van der Waals surface area contributed by atoms with Crippen LogP contribution in [0.4, 0.5) is 5.82 Å². The number of carbonyl (C=O) groups excluding carboxylic acids is 1. The van der Waals surface area contributed by atoms with Crippen molar-refractivity contribution in [2.24, 2.45) is 5.92 Å². The first-order chi connectivity index (χ1) is 17.5. The number of aryl methyl sites for hydroxylation is 1. The van der Waals surface area contributed by atoms with Crippen LogP contribution in [0.3, 0.4) is 0 Å². The van der Waals surface area contributed by atoms with Crippen LogP contribution in [0.5, 0.6) is 0 Å². The molecule has 7 heteroatoms. The fourth-order valence-electron chi connectivity index (χ4n) is 5.71. The molecule has 0 radical (unpaired) electrons. The lowest BCUT2D eigenvalue weighted by Gasteiger charge is -2.33. The van der Waals surface area contributed by atoms with E-state index in [9.17, 15) is 9.59 Å². The summed E-state index contributed by atoms with van der Waals surface area (Å²) in [6.07, 6.45) is 4.06. The molecule has 2 fully saturated rings. The SMILES string of the molecule is CCN1CCC[C@@H]1CNC(=O)[C@@H]1CCCN(c2nc3ccccc3n(Cc3ccc(C)cc3)c2=O)C1. The Morgan fingerprint density at radius 2 is 1.83 bits per heavy atom. The summed E-state index contributed by atoms with van der Waals surface area (Å²) in [5.41, 5.74) is 3.80. The first-order valence-corrected chi connectivity index (χ1v) is 13.4. The zero-order valence-electron chi connectivity index (χ0n) is 21.4. The number of carbonyl (C=O) groups is 1. The lowest BCUT2D eigenvalue weighted by atomic mass is 9.97. The molecule has 1 aromatic heterocycles. The summed E-state index contributed by atoms with van der Waals surface area (Å²) in [7, 11) is 0. The van der Waals surface area contributed by atoms with E-state index < -0.39 is 0 Å². The van der Waals surface area contributed by atoms with Gasteiger partial charge in [0.2, 0.25) is 5.91 Å². The number of amides is 1. The van der Waals surface area contributed by atoms with E-state index in [0.29, 0.717) is 31.5 Å². The fraction of sp³-hybridized carbons (Fsp3) is 0.483. The van der Waals surface area contributed by atoms with Gasteiger partial charge >= 0.3 is 0 Å². The number of nitrogens with zero attached hydrogens (tertiary/aromatic N) is 4. The molecule has 0 saturated carbocycles. The number of hydrogen-bond donors (Lipinski definition) is 1. The van der Waals surface area contributed by atoms with Crippen molar-refractivity contribution >= 4 is 22.8 Å². The molecule has 36 heavy (non-hydrogen) atoms. The first-order valence-electron chi connectivity index (χ1n) is 13.4. The van der Waals surface area contributed by atoms with Crippen molar-refractivity contribution < 1.29 is 4.79 Å². The van der Waals surface area contributed by atoms with E-state index in [1.54, 1.807) is 0 Å². The largest absolute Gasteiger partial charge is 0.354 e. The Labute approximate surface area is 213 Å². The van der Waals surface area contributed by atoms with Gasteiger partial charge in [0.25, 0.3) is 5.56 Å². The molecule has 2 aromatic carbocycles. The molecule has 2 aliphatic heterocycles. The van der Waals surface area contributed by atoms with Gasteiger partial charge in [-0.25, -0.2) is 4.98 Å². The molecule has 7 nitrogen and oxygen atoms in total. The van der Waals surface area contributed by atoms with Crippen LogP contribution in [-0.2, 0) is 11.3 Å². The minimum Gasteiger partial charge on any atom is -0.354 e. The average molecular weight is 488 g/mol. The van der Waals surface area contributed by atoms with Crippen LogP contribution in [0, 0.1) is 12.8 Å². The molecule has 2 atom stereocenters. The monoisotopic (exact) mass is 487 g/mol. The summed E-state index contributed by atoms with van der Waals surface area (Å²) in [5.74, 6) is 0.420. The van der Waals surface area contributed by atoms with Gasteiger partial charge in [0.15, 0.2) is 5.82 Å². The summed E-state index contributed by atoms with van der Waals surface area (Å²) >= 11 is 0. The molecule has 190 valence electrons. The molecule has 2 saturated heterocycles. The molecule has 3 aromatic rings. The van der Waals surface area contributed by atoms with Crippen molar-refractivity contribution in [2.75, 3.05) is 37.6 Å². The minimum atomic E-state index is -0.131. The second-order valence-electron chi connectivity index (χ2n) is 10.3. The molecular formula is C29H37N5O2. The lowest BCUT2D eigenvalue weighted by Crippen LogP contribution is -2.48. The summed E-state index contributed by atoms with van der Waals surface area (Å²) in [4.78, 5) is 36.1. The van der Waals surface area contributed by atoms with Gasteiger partial charge in [-0.05, 0) is 63.4 Å². The molecule has 0 bridgehead atoms. The van der Waals surface area contributed by atoms with Gasteiger partial charge in [-0.3, -0.25) is 19.1 Å². The van der Waals surface area contributed by atoms with Gasteiger partial charge in [-0.15, -0.1) is 0 Å². The van der Waals surface area contributed by atoms with Crippen molar-refractivity contribution in [3.63, 3.8) is 0 Å². The van der Waals surface area contributed by atoms with Gasteiger partial charge in [0.1, 0.15) is 0 Å². The Balaban J connectivity index is 1.36. The number of rotatable bonds is 7. The van der Waals surface area contributed by atoms with Crippen molar-refractivity contribution in [1.29, 1.82) is 0 Å². The quantitative estimate of drug-likeness (QED) is 0.552. The molecule has 0 unspecified atom stereocenters. The van der Waals surface area contributed by atoms with Crippen LogP contribution < -0.4 is 15.8 Å². The van der Waals surface area contributed by atoms with Gasteiger partial charge in [0, 0.05) is 25.7 Å². The van der Waals surface area contributed by atoms with Crippen LogP contribution in [0.1, 0.15) is 43.7 Å². The summed E-state index contributed by atoms with van der Waals surface area (Å²) in [6.45, 7) is 8.86. The van der Waals surface area contributed by atoms with E-state index in [1.807, 2.05) is 33.7 Å². The number of fused-ring (bicyclic) bond motifs is 1. The number of likely N-dealkylation sites (N-methyl/N-ethyl adjacent to an activating group) is 1. The fourth-order valence-corrected chi connectivity index (χ4v) is 5.71. The van der Waals surface area contributed by atoms with Crippen molar-refractivity contribution in [1.82, 2.24) is 19.8 Å². The van der Waals surface area contributed by atoms with Crippen LogP contribution in [0.25, 0.3) is 11.0 Å². The number of para-hydroxylation sites is 2. The third kappa shape index (κ3) is 5.16. The second-order valence-corrected chi connectivity index (χ2v) is 10.3. The normalized spacial score (nSPS) is 20.7. The van der Waals surface area contributed by atoms with Crippen LogP contribution in [0.2, 0.25) is 0 Å². The van der Waals surface area contributed by atoms with Gasteiger partial charge < -0.3 is 10.2 Å². The van der Waals surface area contributed by atoms with E-state index in [4.69, 9.17) is 4.98 Å². The molecular weight excluding hydrogens is 450 g/mol. The number of hydrogen-bond acceptors (Lipinski definition) is 5. The van der Waals surface area contributed by atoms with E-state index in [2.05, 4.69) is 48.3 Å². The van der Waals surface area contributed by atoms with E-state index in [1.165, 1.54) is 12.0 Å². The highest BCUT2D eigenvalue weighted by molar-refractivity contribution is 5.80. The van der Waals surface area contributed by atoms with Crippen molar-refractivity contribution in [2.45, 2.75) is 52.1 Å². The van der Waals surface area contributed by atoms with Crippen LogP contribution >= 0.6 is 0 Å². The number of anilines is 1. The predicted molar refractivity (Wildman–Crippen MR) is 144 cm³/mol. The molecule has 5 rings (SSSR count). The summed E-state index contributed by atoms with van der Waals surface area (Å²) in [5, 5.41) is 3.21.